The van der Waals surface area contributed by atoms with Crippen molar-refractivity contribution in [2.24, 2.45) is 0 Å². The zero-order valence-corrected chi connectivity index (χ0v) is 8.01. The first-order valence-corrected chi connectivity index (χ1v) is 5.34. The summed E-state index contributed by atoms with van der Waals surface area (Å²) in [6.45, 7) is 0.784. The number of pyridine rings is 1. The first-order chi connectivity index (χ1) is 5.93. The minimum Gasteiger partial charge on any atom is -0.492 e. The Bertz CT molecular complexity index is 203. The quantitative estimate of drug-likeness (QED) is 0.653. The summed E-state index contributed by atoms with van der Waals surface area (Å²) in [7, 11) is 0. The number of rotatable bonds is 5. The summed E-state index contributed by atoms with van der Waals surface area (Å²) in [5, 5.41) is 0. The summed E-state index contributed by atoms with van der Waals surface area (Å²) in [6.07, 6.45) is 6.67. The van der Waals surface area contributed by atoms with Crippen LogP contribution in [0.25, 0.3) is 0 Å². The third-order valence-electron chi connectivity index (χ3n) is 1.40. The molecule has 0 aromatic carbocycles. The van der Waals surface area contributed by atoms with Gasteiger partial charge in [0, 0.05) is 6.20 Å². The van der Waals surface area contributed by atoms with Crippen LogP contribution in [0.5, 0.6) is 5.75 Å². The van der Waals surface area contributed by atoms with Gasteiger partial charge in [-0.05, 0) is 30.6 Å². The minimum atomic E-state index is 0.784. The van der Waals surface area contributed by atoms with E-state index >= 15 is 0 Å². The van der Waals surface area contributed by atoms with E-state index < -0.39 is 0 Å². The molecule has 0 bridgehead atoms. The number of hydrogen-bond acceptors (Lipinski definition) is 3. The topological polar surface area (TPSA) is 22.1 Å². The molecule has 0 atom stereocenters. The molecule has 3 heteroatoms. The van der Waals surface area contributed by atoms with Gasteiger partial charge < -0.3 is 4.74 Å². The molecule has 1 aromatic rings. The van der Waals surface area contributed by atoms with Crippen molar-refractivity contribution < 1.29 is 4.74 Å². The van der Waals surface area contributed by atoms with Crippen molar-refractivity contribution >= 4 is 11.8 Å². The molecule has 1 aromatic heterocycles. The molecule has 1 rings (SSSR count). The third kappa shape index (κ3) is 3.62. The molecule has 0 unspecified atom stereocenters. The summed E-state index contributed by atoms with van der Waals surface area (Å²) in [5.74, 6) is 2.01. The van der Waals surface area contributed by atoms with Crippen LogP contribution < -0.4 is 4.74 Å². The lowest BCUT2D eigenvalue weighted by Gasteiger charge is -2.03. The fourth-order valence-electron chi connectivity index (χ4n) is 0.826. The van der Waals surface area contributed by atoms with Crippen LogP contribution in [0, 0.1) is 0 Å². The van der Waals surface area contributed by atoms with Crippen LogP contribution in [-0.2, 0) is 0 Å². The van der Waals surface area contributed by atoms with Gasteiger partial charge in [-0.1, -0.05) is 0 Å². The van der Waals surface area contributed by atoms with Crippen molar-refractivity contribution in [1.29, 1.82) is 0 Å². The van der Waals surface area contributed by atoms with Crippen molar-refractivity contribution in [3.8, 4) is 5.75 Å². The molecule has 0 saturated heterocycles. The van der Waals surface area contributed by atoms with Crippen LogP contribution >= 0.6 is 11.8 Å². The molecule has 0 aliphatic carbocycles. The van der Waals surface area contributed by atoms with Gasteiger partial charge in [0.2, 0.25) is 0 Å². The summed E-state index contributed by atoms with van der Waals surface area (Å²) in [4.78, 5) is 3.95. The highest BCUT2D eigenvalue weighted by Crippen LogP contribution is 2.06. The zero-order chi connectivity index (χ0) is 8.65. The maximum atomic E-state index is 5.43. The van der Waals surface area contributed by atoms with E-state index in [9.17, 15) is 0 Å². The molecule has 66 valence electrons. The summed E-state index contributed by atoms with van der Waals surface area (Å²) < 4.78 is 5.43. The maximum Gasteiger partial charge on any atom is 0.137 e. The molecule has 0 amide bonds. The Morgan fingerprint density at radius 2 is 2.50 bits per heavy atom. The lowest BCUT2D eigenvalue weighted by atomic mass is 10.4. The predicted octanol–water partition coefficient (Wildman–Crippen LogP) is 2.21. The number of nitrogens with zero attached hydrogens (tertiary/aromatic N) is 1. The highest BCUT2D eigenvalue weighted by Gasteiger charge is 1.90. The molecule has 12 heavy (non-hydrogen) atoms. The fraction of sp³-hybridized carbons (Fsp3) is 0.444. The van der Waals surface area contributed by atoms with E-state index in [1.807, 2.05) is 23.9 Å². The fourth-order valence-corrected chi connectivity index (χ4v) is 1.23. The third-order valence-corrected chi connectivity index (χ3v) is 2.09. The Kier molecular flexibility index (Phi) is 4.61. The van der Waals surface area contributed by atoms with Crippen LogP contribution in [0.2, 0.25) is 0 Å². The predicted molar refractivity (Wildman–Crippen MR) is 52.7 cm³/mol. The minimum absolute atomic E-state index is 0.784. The van der Waals surface area contributed by atoms with E-state index in [-0.39, 0.29) is 0 Å². The number of ether oxygens (including phenoxy) is 1. The van der Waals surface area contributed by atoms with E-state index in [1.54, 1.807) is 12.4 Å². The molecular formula is C9H13NOS. The second kappa shape index (κ2) is 5.89. The largest absolute Gasteiger partial charge is 0.492 e. The number of thioether (sulfide) groups is 1. The lowest BCUT2D eigenvalue weighted by molar-refractivity contribution is 0.317. The summed E-state index contributed by atoms with van der Waals surface area (Å²) in [5.41, 5.74) is 0. The van der Waals surface area contributed by atoms with Gasteiger partial charge >= 0.3 is 0 Å². The van der Waals surface area contributed by atoms with Crippen molar-refractivity contribution in [3.63, 3.8) is 0 Å². The van der Waals surface area contributed by atoms with Crippen molar-refractivity contribution in [2.75, 3.05) is 18.6 Å². The molecule has 0 saturated carbocycles. The molecule has 1 heterocycles. The van der Waals surface area contributed by atoms with Gasteiger partial charge in [-0.25, -0.2) is 0 Å². The van der Waals surface area contributed by atoms with E-state index in [4.69, 9.17) is 4.74 Å². The molecule has 0 N–H and O–H groups in total. The maximum absolute atomic E-state index is 5.43. The Hall–Kier alpha value is -0.700. The number of aromatic nitrogens is 1. The summed E-state index contributed by atoms with van der Waals surface area (Å²) in [6, 6.07) is 3.80. The van der Waals surface area contributed by atoms with Crippen LogP contribution in [-0.4, -0.2) is 23.6 Å². The van der Waals surface area contributed by atoms with E-state index in [2.05, 4.69) is 11.2 Å². The van der Waals surface area contributed by atoms with Crippen LogP contribution in [0.4, 0.5) is 0 Å². The van der Waals surface area contributed by atoms with Crippen molar-refractivity contribution in [2.45, 2.75) is 6.42 Å². The van der Waals surface area contributed by atoms with Crippen LogP contribution in [0.15, 0.2) is 24.5 Å². The van der Waals surface area contributed by atoms with Gasteiger partial charge in [0.15, 0.2) is 0 Å². The average Bonchev–Trinajstić information content (AvgIpc) is 2.14. The Labute approximate surface area is 77.3 Å². The Morgan fingerprint density at radius 1 is 1.58 bits per heavy atom. The highest BCUT2D eigenvalue weighted by atomic mass is 32.2. The zero-order valence-electron chi connectivity index (χ0n) is 7.19. The van der Waals surface area contributed by atoms with Gasteiger partial charge in [0.05, 0.1) is 12.8 Å². The molecule has 0 fully saturated rings. The number of hydrogen-bond donors (Lipinski definition) is 0. The van der Waals surface area contributed by atoms with Gasteiger partial charge in [-0.15, -0.1) is 0 Å². The monoisotopic (exact) mass is 183 g/mol. The Morgan fingerprint density at radius 3 is 3.17 bits per heavy atom. The van der Waals surface area contributed by atoms with Crippen molar-refractivity contribution in [1.82, 2.24) is 4.98 Å². The van der Waals surface area contributed by atoms with Crippen LogP contribution in [0.3, 0.4) is 0 Å². The van der Waals surface area contributed by atoms with E-state index in [1.165, 1.54) is 0 Å². The lowest BCUT2D eigenvalue weighted by Crippen LogP contribution is -1.98. The van der Waals surface area contributed by atoms with Crippen LogP contribution in [0.1, 0.15) is 6.42 Å². The van der Waals surface area contributed by atoms with E-state index in [0.717, 1.165) is 24.5 Å². The standard InChI is InChI=1S/C9H13NOS/c1-12-7-3-6-11-9-4-2-5-10-8-9/h2,4-5,8H,3,6-7H2,1H3. The molecule has 0 aliphatic heterocycles. The first-order valence-electron chi connectivity index (χ1n) is 3.95. The molecule has 0 spiro atoms. The van der Waals surface area contributed by atoms with E-state index in [0.29, 0.717) is 0 Å². The normalized spacial score (nSPS) is 9.75. The highest BCUT2D eigenvalue weighted by molar-refractivity contribution is 7.98. The molecular weight excluding hydrogens is 170 g/mol. The average molecular weight is 183 g/mol. The first kappa shape index (κ1) is 9.39. The van der Waals surface area contributed by atoms with Crippen molar-refractivity contribution in [3.05, 3.63) is 24.5 Å². The van der Waals surface area contributed by atoms with Gasteiger partial charge in [-0.3, -0.25) is 4.98 Å². The smallest absolute Gasteiger partial charge is 0.137 e. The second-order valence-electron chi connectivity index (χ2n) is 2.38. The van der Waals surface area contributed by atoms with Gasteiger partial charge in [0.25, 0.3) is 0 Å². The van der Waals surface area contributed by atoms with Gasteiger partial charge in [-0.2, -0.15) is 11.8 Å². The molecule has 0 aliphatic rings. The molecule has 2 nitrogen and oxygen atoms in total. The second-order valence-corrected chi connectivity index (χ2v) is 3.37. The molecule has 0 radical (unpaired) electrons. The Balaban J connectivity index is 2.16. The SMILES string of the molecule is CSCCCOc1cccnc1. The van der Waals surface area contributed by atoms with Gasteiger partial charge in [0.1, 0.15) is 5.75 Å². The summed E-state index contributed by atoms with van der Waals surface area (Å²) >= 11 is 1.84.